The van der Waals surface area contributed by atoms with Crippen LogP contribution in [0.3, 0.4) is 0 Å². The standard InChI is InChI=1S/C18H29N3O2/c1-12(2)10-13-11-15(22)19-17-16(13)18(23)20-21(17)14-8-6-4-3-5-7-9-14/h12-14H,3-11H2,1-2H3,(H,19,22)(H,20,23)/t13-/m1/s1. The van der Waals surface area contributed by atoms with Crippen molar-refractivity contribution in [1.82, 2.24) is 9.78 Å². The molecule has 1 aromatic rings. The van der Waals surface area contributed by atoms with Crippen LogP contribution in [0.1, 0.15) is 89.2 Å². The van der Waals surface area contributed by atoms with E-state index in [-0.39, 0.29) is 17.4 Å². The monoisotopic (exact) mass is 319 g/mol. The lowest BCUT2D eigenvalue weighted by molar-refractivity contribution is -0.117. The maximum atomic E-state index is 12.6. The molecule has 1 amide bonds. The third kappa shape index (κ3) is 3.54. The zero-order valence-electron chi connectivity index (χ0n) is 14.4. The molecular weight excluding hydrogens is 290 g/mol. The first-order chi connectivity index (χ1) is 11.1. The fraction of sp³-hybridized carbons (Fsp3) is 0.778. The van der Waals surface area contributed by atoms with Crippen molar-refractivity contribution in [2.45, 2.75) is 83.6 Å². The molecule has 0 aromatic carbocycles. The molecule has 0 bridgehead atoms. The van der Waals surface area contributed by atoms with Crippen molar-refractivity contribution in [3.05, 3.63) is 15.9 Å². The summed E-state index contributed by atoms with van der Waals surface area (Å²) in [6.45, 7) is 4.29. The van der Waals surface area contributed by atoms with Crippen molar-refractivity contribution in [1.29, 1.82) is 0 Å². The number of carbonyl (C=O) groups is 1. The lowest BCUT2D eigenvalue weighted by Gasteiger charge is -2.27. The number of H-pyrrole nitrogens is 1. The first kappa shape index (κ1) is 16.3. The number of aromatic amines is 1. The van der Waals surface area contributed by atoms with Gasteiger partial charge in [-0.15, -0.1) is 0 Å². The molecule has 0 spiro atoms. The molecule has 5 nitrogen and oxygen atoms in total. The van der Waals surface area contributed by atoms with Gasteiger partial charge in [-0.05, 0) is 25.2 Å². The summed E-state index contributed by atoms with van der Waals surface area (Å²) in [6.07, 6.45) is 9.75. The summed E-state index contributed by atoms with van der Waals surface area (Å²) in [5, 5.41) is 6.02. The van der Waals surface area contributed by atoms with Gasteiger partial charge in [0.25, 0.3) is 5.56 Å². The van der Waals surface area contributed by atoms with Crippen LogP contribution in [0, 0.1) is 5.92 Å². The van der Waals surface area contributed by atoms with Gasteiger partial charge in [0.1, 0.15) is 5.82 Å². The van der Waals surface area contributed by atoms with Crippen LogP contribution in [0.4, 0.5) is 5.82 Å². The Labute approximate surface area is 137 Å². The van der Waals surface area contributed by atoms with Gasteiger partial charge in [0.15, 0.2) is 0 Å². The van der Waals surface area contributed by atoms with E-state index in [4.69, 9.17) is 0 Å². The minimum atomic E-state index is -0.00675. The van der Waals surface area contributed by atoms with E-state index in [1.807, 2.05) is 4.68 Å². The Balaban J connectivity index is 1.94. The van der Waals surface area contributed by atoms with Crippen LogP contribution in [-0.2, 0) is 4.79 Å². The minimum Gasteiger partial charge on any atom is -0.311 e. The smallest absolute Gasteiger partial charge is 0.269 e. The highest BCUT2D eigenvalue weighted by atomic mass is 16.2. The minimum absolute atomic E-state index is 0.00675. The number of nitrogens with one attached hydrogen (secondary N) is 2. The van der Waals surface area contributed by atoms with Crippen molar-refractivity contribution >= 4 is 11.7 Å². The fourth-order valence-electron chi connectivity index (χ4n) is 4.21. The third-order valence-corrected chi connectivity index (χ3v) is 5.26. The van der Waals surface area contributed by atoms with Gasteiger partial charge in [-0.1, -0.05) is 46.0 Å². The number of rotatable bonds is 3. The molecule has 1 saturated carbocycles. The van der Waals surface area contributed by atoms with Crippen LogP contribution < -0.4 is 10.9 Å². The van der Waals surface area contributed by atoms with Crippen LogP contribution in [0.2, 0.25) is 0 Å². The second-order valence-electron chi connectivity index (χ2n) is 7.65. The Morgan fingerprint density at radius 1 is 1.09 bits per heavy atom. The van der Waals surface area contributed by atoms with Gasteiger partial charge in [0.05, 0.1) is 11.6 Å². The molecule has 1 aromatic heterocycles. The number of hydrogen-bond acceptors (Lipinski definition) is 2. The van der Waals surface area contributed by atoms with Gasteiger partial charge < -0.3 is 5.32 Å². The summed E-state index contributed by atoms with van der Waals surface area (Å²) in [4.78, 5) is 24.7. The topological polar surface area (TPSA) is 66.9 Å². The van der Waals surface area contributed by atoms with E-state index >= 15 is 0 Å². The SMILES string of the molecule is CC(C)C[C@@H]1CC(=O)Nc2c1c(=O)[nH]n2C1CCCCCCC1. The molecule has 3 rings (SSSR count). The van der Waals surface area contributed by atoms with Gasteiger partial charge in [-0.3, -0.25) is 19.4 Å². The van der Waals surface area contributed by atoms with E-state index in [0.717, 1.165) is 30.6 Å². The predicted molar refractivity (Wildman–Crippen MR) is 91.9 cm³/mol. The van der Waals surface area contributed by atoms with Crippen LogP contribution in [0.5, 0.6) is 0 Å². The molecular formula is C18H29N3O2. The number of anilines is 1. The maximum Gasteiger partial charge on any atom is 0.269 e. The first-order valence-corrected chi connectivity index (χ1v) is 9.20. The summed E-state index contributed by atoms with van der Waals surface area (Å²) >= 11 is 0. The molecule has 5 heteroatoms. The van der Waals surface area contributed by atoms with Crippen molar-refractivity contribution < 1.29 is 4.79 Å². The molecule has 2 N–H and O–H groups in total. The highest BCUT2D eigenvalue weighted by molar-refractivity contribution is 5.93. The molecule has 1 aliphatic carbocycles. The van der Waals surface area contributed by atoms with Crippen molar-refractivity contribution in [3.8, 4) is 0 Å². The van der Waals surface area contributed by atoms with Gasteiger partial charge >= 0.3 is 0 Å². The summed E-state index contributed by atoms with van der Waals surface area (Å²) in [7, 11) is 0. The van der Waals surface area contributed by atoms with E-state index in [9.17, 15) is 9.59 Å². The molecule has 0 unspecified atom stereocenters. The Morgan fingerprint density at radius 2 is 1.74 bits per heavy atom. The summed E-state index contributed by atoms with van der Waals surface area (Å²) in [5.41, 5.74) is 0.799. The summed E-state index contributed by atoms with van der Waals surface area (Å²) in [5.74, 6) is 1.32. The number of aromatic nitrogens is 2. The van der Waals surface area contributed by atoms with Crippen LogP contribution in [0.15, 0.2) is 4.79 Å². The molecule has 1 fully saturated rings. The van der Waals surface area contributed by atoms with Crippen LogP contribution in [0.25, 0.3) is 0 Å². The Hall–Kier alpha value is -1.52. The number of carbonyl (C=O) groups excluding carboxylic acids is 1. The molecule has 2 heterocycles. The Morgan fingerprint density at radius 3 is 2.39 bits per heavy atom. The summed E-state index contributed by atoms with van der Waals surface area (Å²) in [6, 6.07) is 0.310. The molecule has 0 saturated heterocycles. The zero-order valence-corrected chi connectivity index (χ0v) is 14.4. The van der Waals surface area contributed by atoms with E-state index in [1.54, 1.807) is 0 Å². The number of hydrogen-bond donors (Lipinski definition) is 2. The van der Waals surface area contributed by atoms with Crippen molar-refractivity contribution in [3.63, 3.8) is 0 Å². The summed E-state index contributed by atoms with van der Waals surface area (Å²) < 4.78 is 1.98. The largest absolute Gasteiger partial charge is 0.311 e. The first-order valence-electron chi connectivity index (χ1n) is 9.20. The third-order valence-electron chi connectivity index (χ3n) is 5.26. The fourth-order valence-corrected chi connectivity index (χ4v) is 4.21. The number of amides is 1. The van der Waals surface area contributed by atoms with E-state index in [0.29, 0.717) is 18.4 Å². The van der Waals surface area contributed by atoms with Gasteiger partial charge in [-0.2, -0.15) is 0 Å². The quantitative estimate of drug-likeness (QED) is 0.886. The molecule has 23 heavy (non-hydrogen) atoms. The lowest BCUT2D eigenvalue weighted by atomic mass is 9.86. The van der Waals surface area contributed by atoms with Crippen LogP contribution in [-0.4, -0.2) is 15.7 Å². The molecule has 128 valence electrons. The van der Waals surface area contributed by atoms with E-state index < -0.39 is 0 Å². The van der Waals surface area contributed by atoms with E-state index in [1.165, 1.54) is 32.1 Å². The average Bonchev–Trinajstić information content (AvgIpc) is 2.74. The van der Waals surface area contributed by atoms with Gasteiger partial charge in [0.2, 0.25) is 5.91 Å². The average molecular weight is 319 g/mol. The van der Waals surface area contributed by atoms with Gasteiger partial charge in [-0.25, -0.2) is 0 Å². The molecule has 1 aliphatic heterocycles. The molecule has 2 aliphatic rings. The number of fused-ring (bicyclic) bond motifs is 1. The van der Waals surface area contributed by atoms with Crippen molar-refractivity contribution in [2.24, 2.45) is 5.92 Å². The lowest BCUT2D eigenvalue weighted by Crippen LogP contribution is -2.27. The molecule has 0 radical (unpaired) electrons. The highest BCUT2D eigenvalue weighted by Gasteiger charge is 2.33. The normalized spacial score (nSPS) is 23.3. The zero-order chi connectivity index (χ0) is 16.4. The molecule has 1 atom stereocenters. The van der Waals surface area contributed by atoms with Gasteiger partial charge in [0, 0.05) is 12.3 Å². The predicted octanol–water partition coefficient (Wildman–Crippen LogP) is 3.93. The Kier molecular flexibility index (Phi) is 4.93. The maximum absolute atomic E-state index is 12.6. The highest BCUT2D eigenvalue weighted by Crippen LogP contribution is 2.37. The number of nitrogens with zero attached hydrogens (tertiary/aromatic N) is 1. The second-order valence-corrected chi connectivity index (χ2v) is 7.65. The van der Waals surface area contributed by atoms with Crippen LogP contribution >= 0.6 is 0 Å². The Bertz CT molecular complexity index is 606. The van der Waals surface area contributed by atoms with E-state index in [2.05, 4.69) is 24.3 Å². The van der Waals surface area contributed by atoms with Crippen molar-refractivity contribution in [2.75, 3.05) is 5.32 Å². The second kappa shape index (κ2) is 6.93.